The van der Waals surface area contributed by atoms with E-state index >= 15 is 0 Å². The van der Waals surface area contributed by atoms with E-state index < -0.39 is 0 Å². The Bertz CT molecular complexity index is 3260. The van der Waals surface area contributed by atoms with E-state index in [4.69, 9.17) is 15.0 Å². The van der Waals surface area contributed by atoms with Gasteiger partial charge >= 0.3 is 0 Å². The number of nitrogens with zero attached hydrogens (tertiary/aromatic N) is 4. The zero-order valence-corrected chi connectivity index (χ0v) is 34.2. The van der Waals surface area contributed by atoms with Crippen molar-refractivity contribution < 1.29 is 0 Å². The van der Waals surface area contributed by atoms with Crippen LogP contribution in [0.25, 0.3) is 106 Å². The van der Waals surface area contributed by atoms with Crippen molar-refractivity contribution in [1.29, 1.82) is 0 Å². The van der Waals surface area contributed by atoms with E-state index in [1.54, 1.807) is 0 Å². The summed E-state index contributed by atoms with van der Waals surface area (Å²) in [7, 11) is 0. The average molecular weight is 793 g/mol. The number of aromatic nitrogens is 4. The van der Waals surface area contributed by atoms with Crippen molar-refractivity contribution in [3.63, 3.8) is 0 Å². The summed E-state index contributed by atoms with van der Waals surface area (Å²) in [4.78, 5) is 16.0. The van der Waals surface area contributed by atoms with Gasteiger partial charge < -0.3 is 4.57 Å². The molecule has 0 radical (unpaired) electrons. The lowest BCUT2D eigenvalue weighted by atomic mass is 9.92. The zero-order valence-electron chi connectivity index (χ0n) is 34.2. The second kappa shape index (κ2) is 15.8. The van der Waals surface area contributed by atoms with Crippen molar-refractivity contribution in [2.75, 3.05) is 0 Å². The summed E-state index contributed by atoms with van der Waals surface area (Å²) in [6.45, 7) is 2.16. The Morgan fingerprint density at radius 2 is 0.677 bits per heavy atom. The lowest BCUT2D eigenvalue weighted by Gasteiger charge is -2.21. The van der Waals surface area contributed by atoms with Gasteiger partial charge in [0.25, 0.3) is 0 Å². The minimum absolute atomic E-state index is 0.596. The standard InChI is InChI=1S/C58H40N4/c1-39-31-32-54-52(33-39)49-29-17-18-30-53(49)62(54)55-50(42-23-11-4-12-24-42)37-48(38-51(55)43-25-13-5-14-26-43)58-60-56(44-27-15-6-16-28-44)59-57(61-58)47-35-45(40-19-7-2-8-20-40)34-46(36-47)41-21-9-3-10-22-41/h2-38H,1H3. The first kappa shape index (κ1) is 36.8. The van der Waals surface area contributed by atoms with E-state index in [-0.39, 0.29) is 0 Å². The van der Waals surface area contributed by atoms with Gasteiger partial charge in [0.2, 0.25) is 0 Å². The van der Waals surface area contributed by atoms with Crippen LogP contribution in [0, 0.1) is 6.92 Å². The SMILES string of the molecule is Cc1ccc2c(c1)c1ccccc1n2-c1c(-c2ccccc2)cc(-c2nc(-c3ccccc3)nc(-c3cc(-c4ccccc4)cc(-c4ccccc4)c3)n2)cc1-c1ccccc1. The molecule has 2 heterocycles. The summed E-state index contributed by atoms with van der Waals surface area (Å²) in [6, 6.07) is 79.4. The van der Waals surface area contributed by atoms with Crippen LogP contribution in [-0.2, 0) is 0 Å². The molecule has 0 fully saturated rings. The second-order valence-corrected chi connectivity index (χ2v) is 15.7. The first-order valence-electron chi connectivity index (χ1n) is 21.0. The van der Waals surface area contributed by atoms with Crippen molar-refractivity contribution in [3.05, 3.63) is 230 Å². The van der Waals surface area contributed by atoms with Crippen LogP contribution in [0.2, 0.25) is 0 Å². The number of benzene rings is 9. The van der Waals surface area contributed by atoms with Crippen LogP contribution in [0.3, 0.4) is 0 Å². The van der Waals surface area contributed by atoms with Crippen LogP contribution in [0.5, 0.6) is 0 Å². The van der Waals surface area contributed by atoms with Gasteiger partial charge in [-0.15, -0.1) is 0 Å². The molecule has 0 saturated heterocycles. The maximum Gasteiger partial charge on any atom is 0.164 e. The van der Waals surface area contributed by atoms with E-state index in [1.165, 1.54) is 16.3 Å². The molecule has 0 aliphatic rings. The molecule has 0 amide bonds. The van der Waals surface area contributed by atoms with Crippen LogP contribution < -0.4 is 0 Å². The molecule has 4 heteroatoms. The molecule has 0 bridgehead atoms. The molecule has 0 N–H and O–H groups in total. The predicted octanol–water partition coefficient (Wildman–Crippen LogP) is 14.9. The van der Waals surface area contributed by atoms with Gasteiger partial charge in [-0.05, 0) is 88.8 Å². The van der Waals surface area contributed by atoms with Gasteiger partial charge in [0.1, 0.15) is 0 Å². The molecule has 9 aromatic carbocycles. The van der Waals surface area contributed by atoms with E-state index in [1.807, 2.05) is 18.2 Å². The monoisotopic (exact) mass is 792 g/mol. The van der Waals surface area contributed by atoms with Gasteiger partial charge in [-0.2, -0.15) is 0 Å². The fourth-order valence-corrected chi connectivity index (χ4v) is 8.71. The van der Waals surface area contributed by atoms with Crippen LogP contribution in [-0.4, -0.2) is 19.5 Å². The van der Waals surface area contributed by atoms with E-state index in [9.17, 15) is 0 Å². The van der Waals surface area contributed by atoms with Crippen LogP contribution in [0.4, 0.5) is 0 Å². The third kappa shape index (κ3) is 6.84. The fraction of sp³-hybridized carbons (Fsp3) is 0.0172. The maximum absolute atomic E-state index is 5.41. The predicted molar refractivity (Wildman–Crippen MR) is 257 cm³/mol. The average Bonchev–Trinajstić information content (AvgIpc) is 3.67. The Morgan fingerprint density at radius 1 is 0.290 bits per heavy atom. The van der Waals surface area contributed by atoms with Crippen molar-refractivity contribution in [2.24, 2.45) is 0 Å². The topological polar surface area (TPSA) is 43.6 Å². The van der Waals surface area contributed by atoms with Gasteiger partial charge in [0, 0.05) is 38.6 Å². The van der Waals surface area contributed by atoms with Crippen LogP contribution in [0.15, 0.2) is 224 Å². The highest BCUT2D eigenvalue weighted by molar-refractivity contribution is 6.11. The molecule has 4 nitrogen and oxygen atoms in total. The summed E-state index contributed by atoms with van der Waals surface area (Å²) in [5.41, 5.74) is 16.1. The first-order valence-corrected chi connectivity index (χ1v) is 21.0. The van der Waals surface area contributed by atoms with Gasteiger partial charge in [0.15, 0.2) is 17.5 Å². The molecule has 11 rings (SSSR count). The maximum atomic E-state index is 5.41. The van der Waals surface area contributed by atoms with Crippen LogP contribution in [0.1, 0.15) is 5.56 Å². The van der Waals surface area contributed by atoms with Gasteiger partial charge in [-0.3, -0.25) is 0 Å². The quantitative estimate of drug-likeness (QED) is 0.154. The molecule has 0 spiro atoms. The Kier molecular flexibility index (Phi) is 9.36. The van der Waals surface area contributed by atoms with Gasteiger partial charge in [0.05, 0.1) is 16.7 Å². The second-order valence-electron chi connectivity index (χ2n) is 15.7. The molecular weight excluding hydrogens is 753 g/mol. The minimum Gasteiger partial charge on any atom is -0.308 e. The van der Waals surface area contributed by atoms with E-state index in [0.717, 1.165) is 77.9 Å². The highest BCUT2D eigenvalue weighted by Gasteiger charge is 2.23. The Balaban J connectivity index is 1.22. The number of hydrogen-bond donors (Lipinski definition) is 0. The Hall–Kier alpha value is -8.21. The van der Waals surface area contributed by atoms with E-state index in [0.29, 0.717) is 17.5 Å². The van der Waals surface area contributed by atoms with E-state index in [2.05, 4.69) is 218 Å². The molecule has 0 atom stereocenters. The number of fused-ring (bicyclic) bond motifs is 3. The molecule has 2 aromatic heterocycles. The molecule has 0 aliphatic carbocycles. The zero-order chi connectivity index (χ0) is 41.4. The van der Waals surface area contributed by atoms with Crippen molar-refractivity contribution >= 4 is 21.8 Å². The molecule has 11 aromatic rings. The Morgan fingerprint density at radius 3 is 1.19 bits per heavy atom. The number of para-hydroxylation sites is 1. The third-order valence-corrected chi connectivity index (χ3v) is 11.7. The summed E-state index contributed by atoms with van der Waals surface area (Å²) in [6.07, 6.45) is 0. The van der Waals surface area contributed by atoms with Crippen molar-refractivity contribution in [3.8, 4) is 84.4 Å². The summed E-state index contributed by atoms with van der Waals surface area (Å²) >= 11 is 0. The molecule has 0 unspecified atom stereocenters. The van der Waals surface area contributed by atoms with Gasteiger partial charge in [-0.1, -0.05) is 181 Å². The van der Waals surface area contributed by atoms with Crippen molar-refractivity contribution in [2.45, 2.75) is 6.92 Å². The minimum atomic E-state index is 0.596. The molecule has 0 aliphatic heterocycles. The molecule has 62 heavy (non-hydrogen) atoms. The van der Waals surface area contributed by atoms with Crippen molar-refractivity contribution in [1.82, 2.24) is 19.5 Å². The molecule has 0 saturated carbocycles. The molecule has 292 valence electrons. The highest BCUT2D eigenvalue weighted by atomic mass is 15.0. The van der Waals surface area contributed by atoms with Crippen LogP contribution >= 0.6 is 0 Å². The number of rotatable bonds is 8. The number of aryl methyl sites for hydroxylation is 1. The lowest BCUT2D eigenvalue weighted by molar-refractivity contribution is 1.07. The largest absolute Gasteiger partial charge is 0.308 e. The summed E-state index contributed by atoms with van der Waals surface area (Å²) < 4.78 is 2.45. The summed E-state index contributed by atoms with van der Waals surface area (Å²) in [5.74, 6) is 1.81. The normalized spacial score (nSPS) is 11.3. The lowest BCUT2D eigenvalue weighted by Crippen LogP contribution is -2.04. The first-order chi connectivity index (χ1) is 30.6. The molecular formula is C58H40N4. The third-order valence-electron chi connectivity index (χ3n) is 11.7. The summed E-state index contributed by atoms with van der Waals surface area (Å²) in [5, 5.41) is 2.44. The smallest absolute Gasteiger partial charge is 0.164 e. The highest BCUT2D eigenvalue weighted by Crippen LogP contribution is 2.44. The Labute approximate surface area is 361 Å². The fourth-order valence-electron chi connectivity index (χ4n) is 8.71. The van der Waals surface area contributed by atoms with Gasteiger partial charge in [-0.25, -0.2) is 15.0 Å². The number of hydrogen-bond acceptors (Lipinski definition) is 3.